The molecule has 0 spiro atoms. The molecule has 0 rings (SSSR count). The van der Waals surface area contributed by atoms with Crippen LogP contribution in [0, 0.1) is 0 Å². The summed E-state index contributed by atoms with van der Waals surface area (Å²) in [4.78, 5) is 0. The SMILES string of the molecule is C=C(/C=C/C=C/C(=C\C=C\F)OC(C)CNC)CC. The first-order valence-electron chi connectivity index (χ1n) is 6.44. The van der Waals surface area contributed by atoms with Crippen LogP contribution in [0.15, 0.2) is 60.7 Å². The van der Waals surface area contributed by atoms with Gasteiger partial charge in [-0.1, -0.05) is 37.3 Å². The minimum Gasteiger partial charge on any atom is -0.489 e. The molecule has 1 N–H and O–H groups in total. The topological polar surface area (TPSA) is 21.3 Å². The second-order valence-corrected chi connectivity index (χ2v) is 4.10. The fourth-order valence-corrected chi connectivity index (χ4v) is 1.29. The summed E-state index contributed by atoms with van der Waals surface area (Å²) in [5.74, 6) is 0.614. The Morgan fingerprint density at radius 1 is 1.32 bits per heavy atom. The summed E-state index contributed by atoms with van der Waals surface area (Å²) in [6.45, 7) is 8.61. The lowest BCUT2D eigenvalue weighted by molar-refractivity contribution is 0.141. The summed E-state index contributed by atoms with van der Waals surface area (Å²) in [7, 11) is 1.86. The van der Waals surface area contributed by atoms with E-state index in [-0.39, 0.29) is 6.10 Å². The molecule has 0 aliphatic rings. The van der Waals surface area contributed by atoms with E-state index < -0.39 is 0 Å². The summed E-state index contributed by atoms with van der Waals surface area (Å²) in [6, 6.07) is 0. The van der Waals surface area contributed by atoms with Gasteiger partial charge in [0, 0.05) is 6.54 Å². The number of nitrogens with one attached hydrogen (secondary N) is 1. The van der Waals surface area contributed by atoms with Crippen LogP contribution in [0.4, 0.5) is 4.39 Å². The van der Waals surface area contributed by atoms with Gasteiger partial charge in [-0.25, -0.2) is 4.39 Å². The highest BCUT2D eigenvalue weighted by Crippen LogP contribution is 2.06. The number of hydrogen-bond acceptors (Lipinski definition) is 2. The molecule has 2 nitrogen and oxygen atoms in total. The van der Waals surface area contributed by atoms with Crippen molar-refractivity contribution < 1.29 is 9.13 Å². The van der Waals surface area contributed by atoms with Gasteiger partial charge in [-0.3, -0.25) is 0 Å². The van der Waals surface area contributed by atoms with Gasteiger partial charge < -0.3 is 10.1 Å². The summed E-state index contributed by atoms with van der Waals surface area (Å²) in [5.41, 5.74) is 1.06. The van der Waals surface area contributed by atoms with E-state index in [0.29, 0.717) is 12.1 Å². The quantitative estimate of drug-likeness (QED) is 0.501. The van der Waals surface area contributed by atoms with Crippen molar-refractivity contribution in [1.29, 1.82) is 0 Å². The number of ether oxygens (including phenoxy) is 1. The molecule has 0 radical (unpaired) electrons. The van der Waals surface area contributed by atoms with E-state index in [1.165, 1.54) is 6.08 Å². The Hall–Kier alpha value is -1.61. The predicted molar refractivity (Wildman–Crippen MR) is 80.5 cm³/mol. The Labute approximate surface area is 116 Å². The second-order valence-electron chi connectivity index (χ2n) is 4.10. The third kappa shape index (κ3) is 10.0. The van der Waals surface area contributed by atoms with Crippen molar-refractivity contribution >= 4 is 0 Å². The number of allylic oxidation sites excluding steroid dienone is 7. The largest absolute Gasteiger partial charge is 0.489 e. The lowest BCUT2D eigenvalue weighted by Crippen LogP contribution is -2.23. The van der Waals surface area contributed by atoms with Crippen LogP contribution in [0.2, 0.25) is 0 Å². The molecule has 0 saturated heterocycles. The highest BCUT2D eigenvalue weighted by atomic mass is 19.1. The molecule has 0 fully saturated rings. The molecule has 3 heteroatoms. The van der Waals surface area contributed by atoms with Crippen LogP contribution < -0.4 is 5.32 Å². The molecule has 0 aliphatic heterocycles. The zero-order valence-corrected chi connectivity index (χ0v) is 12.0. The lowest BCUT2D eigenvalue weighted by atomic mass is 10.2. The molecule has 1 atom stereocenters. The van der Waals surface area contributed by atoms with E-state index in [1.807, 2.05) is 32.2 Å². The zero-order chi connectivity index (χ0) is 14.5. The molecule has 0 bridgehead atoms. The van der Waals surface area contributed by atoms with E-state index in [9.17, 15) is 4.39 Å². The average molecular weight is 265 g/mol. The summed E-state index contributed by atoms with van der Waals surface area (Å²) < 4.78 is 17.7. The molecule has 0 saturated carbocycles. The zero-order valence-electron chi connectivity index (χ0n) is 12.0. The summed E-state index contributed by atoms with van der Waals surface area (Å²) >= 11 is 0. The molecule has 0 aliphatic carbocycles. The molecule has 19 heavy (non-hydrogen) atoms. The smallest absolute Gasteiger partial charge is 0.119 e. The number of rotatable bonds is 9. The van der Waals surface area contributed by atoms with Crippen LogP contribution in [0.5, 0.6) is 0 Å². The Kier molecular flexibility index (Phi) is 10.5. The first kappa shape index (κ1) is 17.4. The van der Waals surface area contributed by atoms with Gasteiger partial charge in [0.15, 0.2) is 0 Å². The number of likely N-dealkylation sites (N-methyl/N-ethyl adjacent to an activating group) is 1. The molecular weight excluding hydrogens is 241 g/mol. The van der Waals surface area contributed by atoms with E-state index >= 15 is 0 Å². The van der Waals surface area contributed by atoms with Crippen LogP contribution in [-0.4, -0.2) is 19.7 Å². The van der Waals surface area contributed by atoms with Gasteiger partial charge in [0.25, 0.3) is 0 Å². The van der Waals surface area contributed by atoms with Crippen LogP contribution in [0.3, 0.4) is 0 Å². The first-order chi connectivity index (χ1) is 9.13. The Balaban J connectivity index is 4.55. The molecule has 0 amide bonds. The Morgan fingerprint density at radius 2 is 2.00 bits per heavy atom. The van der Waals surface area contributed by atoms with Gasteiger partial charge in [-0.05, 0) is 38.6 Å². The van der Waals surface area contributed by atoms with Crippen molar-refractivity contribution in [1.82, 2.24) is 5.32 Å². The highest BCUT2D eigenvalue weighted by Gasteiger charge is 2.01. The molecule has 0 aromatic carbocycles. The molecule has 0 heterocycles. The van der Waals surface area contributed by atoms with Gasteiger partial charge in [0.2, 0.25) is 0 Å². The summed E-state index contributed by atoms with van der Waals surface area (Å²) in [6.07, 6.45) is 11.8. The fourth-order valence-electron chi connectivity index (χ4n) is 1.29. The second kappa shape index (κ2) is 11.5. The van der Waals surface area contributed by atoms with Crippen molar-refractivity contribution in [3.63, 3.8) is 0 Å². The van der Waals surface area contributed by atoms with Gasteiger partial charge in [0.1, 0.15) is 11.9 Å². The normalized spacial score (nSPS) is 14.6. The van der Waals surface area contributed by atoms with Crippen LogP contribution in [0.25, 0.3) is 0 Å². The van der Waals surface area contributed by atoms with Gasteiger partial charge >= 0.3 is 0 Å². The maximum atomic E-state index is 12.0. The molecule has 0 aromatic heterocycles. The van der Waals surface area contributed by atoms with Crippen molar-refractivity contribution in [2.75, 3.05) is 13.6 Å². The highest BCUT2D eigenvalue weighted by molar-refractivity contribution is 5.24. The van der Waals surface area contributed by atoms with Crippen molar-refractivity contribution in [2.24, 2.45) is 0 Å². The van der Waals surface area contributed by atoms with Crippen LogP contribution >= 0.6 is 0 Å². The van der Waals surface area contributed by atoms with E-state index in [1.54, 1.807) is 12.2 Å². The Morgan fingerprint density at radius 3 is 2.58 bits per heavy atom. The number of hydrogen-bond donors (Lipinski definition) is 1. The van der Waals surface area contributed by atoms with Crippen molar-refractivity contribution in [3.05, 3.63) is 60.7 Å². The van der Waals surface area contributed by atoms with E-state index in [2.05, 4.69) is 18.8 Å². The van der Waals surface area contributed by atoms with Gasteiger partial charge in [-0.2, -0.15) is 0 Å². The summed E-state index contributed by atoms with van der Waals surface area (Å²) in [5, 5.41) is 3.02. The third-order valence-corrected chi connectivity index (χ3v) is 2.32. The minimum atomic E-state index is 0.0171. The lowest BCUT2D eigenvalue weighted by Gasteiger charge is -2.14. The third-order valence-electron chi connectivity index (χ3n) is 2.32. The van der Waals surface area contributed by atoms with Crippen molar-refractivity contribution in [3.8, 4) is 0 Å². The number of halogens is 1. The maximum Gasteiger partial charge on any atom is 0.119 e. The van der Waals surface area contributed by atoms with Crippen LogP contribution in [0.1, 0.15) is 20.3 Å². The maximum absolute atomic E-state index is 12.0. The van der Waals surface area contributed by atoms with E-state index in [4.69, 9.17) is 4.74 Å². The molecule has 106 valence electrons. The molecule has 1 unspecified atom stereocenters. The average Bonchev–Trinajstić information content (AvgIpc) is 2.40. The predicted octanol–water partition coefficient (Wildman–Crippen LogP) is 4.06. The van der Waals surface area contributed by atoms with Gasteiger partial charge in [-0.15, -0.1) is 0 Å². The van der Waals surface area contributed by atoms with Crippen LogP contribution in [-0.2, 0) is 4.74 Å². The van der Waals surface area contributed by atoms with E-state index in [0.717, 1.165) is 18.5 Å². The fraction of sp³-hybridized carbons (Fsp3) is 0.375. The monoisotopic (exact) mass is 265 g/mol. The minimum absolute atomic E-state index is 0.0171. The Bertz CT molecular complexity index is 367. The molecule has 0 aromatic rings. The van der Waals surface area contributed by atoms with Crippen molar-refractivity contribution in [2.45, 2.75) is 26.4 Å². The molecular formula is C16H24FNO. The standard InChI is InChI=1S/C16H24FNO/c1-5-14(2)9-6-7-10-16(11-8-12-17)19-15(3)13-18-4/h6-12,15,18H,2,5,13H2,1,3-4H3/b9-6+,10-7+,12-8+,16-11+. The first-order valence-corrected chi connectivity index (χ1v) is 6.44. The van der Waals surface area contributed by atoms with Gasteiger partial charge in [0.05, 0.1) is 6.33 Å².